The van der Waals surface area contributed by atoms with Crippen molar-refractivity contribution in [3.63, 3.8) is 0 Å². The monoisotopic (exact) mass is 275 g/mol. The molecule has 1 aromatic rings. The molecule has 2 aliphatic rings. The second kappa shape index (κ2) is 6.02. The van der Waals surface area contributed by atoms with Crippen molar-refractivity contribution in [1.82, 2.24) is 0 Å². The Morgan fingerprint density at radius 3 is 2.45 bits per heavy atom. The Hall–Kier alpha value is -1.26. The lowest BCUT2D eigenvalue weighted by atomic mass is 9.94. The molecular formula is C16H21NO3. The van der Waals surface area contributed by atoms with E-state index < -0.39 is 5.79 Å². The minimum atomic E-state index is -0.451. The molecule has 1 saturated heterocycles. The largest absolute Gasteiger partial charge is 0.344 e. The van der Waals surface area contributed by atoms with E-state index in [0.29, 0.717) is 0 Å². The zero-order chi connectivity index (χ0) is 13.8. The van der Waals surface area contributed by atoms with Crippen LogP contribution in [0.3, 0.4) is 0 Å². The van der Waals surface area contributed by atoms with Crippen LogP contribution in [-0.4, -0.2) is 24.5 Å². The van der Waals surface area contributed by atoms with E-state index in [9.17, 15) is 4.91 Å². The number of rotatable bonds is 4. The molecule has 20 heavy (non-hydrogen) atoms. The Morgan fingerprint density at radius 1 is 1.05 bits per heavy atom. The average Bonchev–Trinajstić information content (AvgIpc) is 2.78. The van der Waals surface area contributed by atoms with Gasteiger partial charge in [0.05, 0.1) is 6.10 Å². The number of hydrogen-bond donors (Lipinski definition) is 0. The summed E-state index contributed by atoms with van der Waals surface area (Å²) in [7, 11) is 0. The summed E-state index contributed by atoms with van der Waals surface area (Å²) in [5.41, 5.74) is 1.21. The third-order valence-electron chi connectivity index (χ3n) is 4.30. The zero-order valence-electron chi connectivity index (χ0n) is 11.7. The second-order valence-corrected chi connectivity index (χ2v) is 5.79. The van der Waals surface area contributed by atoms with Gasteiger partial charge in [-0.25, -0.2) is 0 Å². The topological polar surface area (TPSA) is 47.9 Å². The van der Waals surface area contributed by atoms with Crippen LogP contribution in [0.15, 0.2) is 35.5 Å². The normalized spacial score (nSPS) is 28.6. The molecule has 2 unspecified atom stereocenters. The van der Waals surface area contributed by atoms with E-state index in [0.717, 1.165) is 32.1 Å². The SMILES string of the molecule is O=NCC1OC2(CCCCC2)OC1Cc1ccccc1. The van der Waals surface area contributed by atoms with Crippen LogP contribution in [0.4, 0.5) is 0 Å². The summed E-state index contributed by atoms with van der Waals surface area (Å²) in [5, 5.41) is 3.03. The van der Waals surface area contributed by atoms with Gasteiger partial charge in [-0.2, -0.15) is 4.91 Å². The van der Waals surface area contributed by atoms with Crippen LogP contribution >= 0.6 is 0 Å². The summed E-state index contributed by atoms with van der Waals surface area (Å²) in [5.74, 6) is -0.451. The maximum absolute atomic E-state index is 10.6. The standard InChI is InChI=1S/C16H21NO3/c18-17-12-15-14(11-13-7-3-1-4-8-13)19-16(20-15)9-5-2-6-10-16/h1,3-4,7-8,14-15H,2,5-6,9-12H2. The first kappa shape index (κ1) is 13.7. The third kappa shape index (κ3) is 2.91. The van der Waals surface area contributed by atoms with Gasteiger partial charge in [0.15, 0.2) is 5.79 Å². The van der Waals surface area contributed by atoms with Gasteiger partial charge in [0, 0.05) is 19.3 Å². The van der Waals surface area contributed by atoms with Crippen molar-refractivity contribution >= 4 is 0 Å². The van der Waals surface area contributed by atoms with Crippen molar-refractivity contribution in [3.8, 4) is 0 Å². The highest BCUT2D eigenvalue weighted by Crippen LogP contribution is 2.41. The number of nitrogens with zero attached hydrogens (tertiary/aromatic N) is 1. The Balaban J connectivity index is 1.72. The first-order chi connectivity index (χ1) is 9.81. The van der Waals surface area contributed by atoms with E-state index in [-0.39, 0.29) is 18.8 Å². The van der Waals surface area contributed by atoms with Gasteiger partial charge >= 0.3 is 0 Å². The minimum absolute atomic E-state index is 0.0619. The molecule has 0 radical (unpaired) electrons. The molecule has 1 aliphatic carbocycles. The van der Waals surface area contributed by atoms with Gasteiger partial charge in [-0.15, -0.1) is 0 Å². The van der Waals surface area contributed by atoms with E-state index in [1.807, 2.05) is 18.2 Å². The smallest absolute Gasteiger partial charge is 0.169 e. The first-order valence-corrected chi connectivity index (χ1v) is 7.50. The lowest BCUT2D eigenvalue weighted by molar-refractivity contribution is -0.193. The molecule has 2 atom stereocenters. The molecule has 3 rings (SSSR count). The van der Waals surface area contributed by atoms with Gasteiger partial charge in [-0.3, -0.25) is 0 Å². The van der Waals surface area contributed by atoms with E-state index in [1.54, 1.807) is 0 Å². The van der Waals surface area contributed by atoms with Gasteiger partial charge in [0.2, 0.25) is 0 Å². The number of benzene rings is 1. The fourth-order valence-corrected chi connectivity index (χ4v) is 3.31. The van der Waals surface area contributed by atoms with Gasteiger partial charge in [-0.1, -0.05) is 41.9 Å². The lowest BCUT2D eigenvalue weighted by Crippen LogP contribution is -2.33. The molecule has 1 saturated carbocycles. The second-order valence-electron chi connectivity index (χ2n) is 5.79. The van der Waals surface area contributed by atoms with Crippen molar-refractivity contribution in [2.24, 2.45) is 5.18 Å². The van der Waals surface area contributed by atoms with Crippen LogP contribution in [0.1, 0.15) is 37.7 Å². The van der Waals surface area contributed by atoms with E-state index in [2.05, 4.69) is 17.3 Å². The number of ether oxygens (including phenoxy) is 2. The van der Waals surface area contributed by atoms with E-state index in [4.69, 9.17) is 9.47 Å². The molecule has 0 aromatic heterocycles. The van der Waals surface area contributed by atoms with Crippen molar-refractivity contribution in [2.75, 3.05) is 6.54 Å². The molecule has 0 bridgehead atoms. The van der Waals surface area contributed by atoms with Crippen molar-refractivity contribution in [1.29, 1.82) is 0 Å². The lowest BCUT2D eigenvalue weighted by Gasteiger charge is -2.32. The molecule has 2 fully saturated rings. The van der Waals surface area contributed by atoms with Crippen LogP contribution in [0.5, 0.6) is 0 Å². The molecule has 108 valence electrons. The van der Waals surface area contributed by atoms with Crippen LogP contribution in [0.25, 0.3) is 0 Å². The molecule has 0 N–H and O–H groups in total. The third-order valence-corrected chi connectivity index (χ3v) is 4.30. The molecule has 4 nitrogen and oxygen atoms in total. The maximum Gasteiger partial charge on any atom is 0.169 e. The quantitative estimate of drug-likeness (QED) is 0.791. The first-order valence-electron chi connectivity index (χ1n) is 7.50. The molecular weight excluding hydrogens is 254 g/mol. The summed E-state index contributed by atoms with van der Waals surface area (Å²) >= 11 is 0. The molecule has 1 aromatic carbocycles. The highest BCUT2D eigenvalue weighted by Gasteiger charge is 2.47. The summed E-state index contributed by atoms with van der Waals surface area (Å²) < 4.78 is 12.3. The molecule has 1 spiro atoms. The summed E-state index contributed by atoms with van der Waals surface area (Å²) in [6.07, 6.45) is 5.91. The summed E-state index contributed by atoms with van der Waals surface area (Å²) in [6, 6.07) is 10.2. The average molecular weight is 275 g/mol. The molecule has 1 heterocycles. The summed E-state index contributed by atoms with van der Waals surface area (Å²) in [6.45, 7) is 0.180. The Labute approximate surface area is 119 Å². The summed E-state index contributed by atoms with van der Waals surface area (Å²) in [4.78, 5) is 10.6. The maximum atomic E-state index is 10.6. The van der Waals surface area contributed by atoms with Gasteiger partial charge in [0.1, 0.15) is 12.6 Å². The number of hydrogen-bond acceptors (Lipinski definition) is 4. The predicted octanol–water partition coefficient (Wildman–Crippen LogP) is 3.44. The van der Waals surface area contributed by atoms with E-state index >= 15 is 0 Å². The highest BCUT2D eigenvalue weighted by molar-refractivity contribution is 5.16. The van der Waals surface area contributed by atoms with Gasteiger partial charge in [-0.05, 0) is 18.4 Å². The zero-order valence-corrected chi connectivity index (χ0v) is 11.7. The van der Waals surface area contributed by atoms with Crippen LogP contribution in [0.2, 0.25) is 0 Å². The van der Waals surface area contributed by atoms with Gasteiger partial charge < -0.3 is 9.47 Å². The van der Waals surface area contributed by atoms with Crippen LogP contribution in [0, 0.1) is 4.91 Å². The molecule has 1 aliphatic heterocycles. The van der Waals surface area contributed by atoms with Crippen LogP contribution in [-0.2, 0) is 15.9 Å². The van der Waals surface area contributed by atoms with Crippen molar-refractivity contribution < 1.29 is 9.47 Å². The van der Waals surface area contributed by atoms with E-state index in [1.165, 1.54) is 12.0 Å². The highest BCUT2D eigenvalue weighted by atomic mass is 16.8. The Bertz CT molecular complexity index is 442. The molecule has 0 amide bonds. The molecule has 4 heteroatoms. The minimum Gasteiger partial charge on any atom is -0.344 e. The Kier molecular flexibility index (Phi) is 4.13. The fraction of sp³-hybridized carbons (Fsp3) is 0.625. The van der Waals surface area contributed by atoms with Crippen molar-refractivity contribution in [3.05, 3.63) is 40.8 Å². The number of nitroso groups, excluding NO2 is 1. The van der Waals surface area contributed by atoms with Crippen molar-refractivity contribution in [2.45, 2.75) is 56.5 Å². The Morgan fingerprint density at radius 2 is 1.75 bits per heavy atom. The fourth-order valence-electron chi connectivity index (χ4n) is 3.31. The predicted molar refractivity (Wildman–Crippen MR) is 76.4 cm³/mol. The van der Waals surface area contributed by atoms with Crippen LogP contribution < -0.4 is 0 Å². The van der Waals surface area contributed by atoms with Gasteiger partial charge in [0.25, 0.3) is 0 Å².